The Morgan fingerprint density at radius 2 is 2.17 bits per heavy atom. The lowest BCUT2D eigenvalue weighted by Gasteiger charge is -2.27. The Bertz CT molecular complexity index is 495. The molecule has 98 valence electrons. The zero-order valence-corrected chi connectivity index (χ0v) is 11.5. The highest BCUT2D eigenvalue weighted by atomic mass is 79.9. The highest BCUT2D eigenvalue weighted by molar-refractivity contribution is 9.10. The van der Waals surface area contributed by atoms with Crippen LogP contribution in [0.15, 0.2) is 27.6 Å². The smallest absolute Gasteiger partial charge is 0.334 e. The summed E-state index contributed by atoms with van der Waals surface area (Å²) in [5.74, 6) is -0.227. The molecule has 0 unspecified atom stereocenters. The lowest BCUT2D eigenvalue weighted by molar-refractivity contribution is -0.0957. The summed E-state index contributed by atoms with van der Waals surface area (Å²) < 4.78 is 38.0. The van der Waals surface area contributed by atoms with E-state index in [1.54, 1.807) is 11.4 Å². The molecule has 0 aromatic carbocycles. The SMILES string of the molecule is O=C(c1sccc1Br)N1CC=C(C(F)(F)F)CC1. The summed E-state index contributed by atoms with van der Waals surface area (Å²) in [5.41, 5.74) is -0.545. The summed E-state index contributed by atoms with van der Waals surface area (Å²) in [6.45, 7) is 0.118. The molecule has 1 aromatic heterocycles. The van der Waals surface area contributed by atoms with Crippen LogP contribution in [0.1, 0.15) is 16.1 Å². The zero-order valence-electron chi connectivity index (χ0n) is 9.13. The van der Waals surface area contributed by atoms with E-state index in [1.807, 2.05) is 0 Å². The van der Waals surface area contributed by atoms with E-state index in [2.05, 4.69) is 15.9 Å². The molecule has 2 rings (SSSR count). The highest BCUT2D eigenvalue weighted by Gasteiger charge is 2.35. The van der Waals surface area contributed by atoms with Crippen LogP contribution in [-0.2, 0) is 0 Å². The van der Waals surface area contributed by atoms with Crippen LogP contribution in [0.3, 0.4) is 0 Å². The van der Waals surface area contributed by atoms with E-state index >= 15 is 0 Å². The molecule has 0 spiro atoms. The Hall–Kier alpha value is -0.820. The molecule has 1 aliphatic rings. The third-order valence-corrected chi connectivity index (χ3v) is 4.50. The van der Waals surface area contributed by atoms with Gasteiger partial charge in [-0.2, -0.15) is 13.2 Å². The lowest BCUT2D eigenvalue weighted by atomic mass is 10.1. The van der Waals surface area contributed by atoms with Crippen molar-refractivity contribution in [2.45, 2.75) is 12.6 Å². The molecule has 0 fully saturated rings. The fourth-order valence-corrected chi connectivity index (χ4v) is 3.21. The van der Waals surface area contributed by atoms with Crippen molar-refractivity contribution in [2.24, 2.45) is 0 Å². The first-order valence-electron chi connectivity index (χ1n) is 5.18. The minimum absolute atomic E-state index is 0.0119. The normalized spacial score (nSPS) is 16.7. The van der Waals surface area contributed by atoms with Gasteiger partial charge in [0, 0.05) is 23.1 Å². The van der Waals surface area contributed by atoms with E-state index in [0.29, 0.717) is 9.35 Å². The van der Waals surface area contributed by atoms with Crippen LogP contribution in [0.2, 0.25) is 0 Å². The predicted octanol–water partition coefficient (Wildman–Crippen LogP) is 3.85. The van der Waals surface area contributed by atoms with Crippen LogP contribution in [0.25, 0.3) is 0 Å². The Balaban J connectivity index is 2.09. The van der Waals surface area contributed by atoms with Gasteiger partial charge in [0.05, 0.1) is 0 Å². The van der Waals surface area contributed by atoms with Gasteiger partial charge in [-0.3, -0.25) is 4.79 Å². The molecule has 1 amide bonds. The number of alkyl halides is 3. The Morgan fingerprint density at radius 3 is 2.61 bits per heavy atom. The van der Waals surface area contributed by atoms with Crippen LogP contribution in [-0.4, -0.2) is 30.1 Å². The number of nitrogens with zero attached hydrogens (tertiary/aromatic N) is 1. The fourth-order valence-electron chi connectivity index (χ4n) is 1.70. The molecule has 2 heterocycles. The molecule has 0 saturated heterocycles. The average molecular weight is 340 g/mol. The number of thiophene rings is 1. The van der Waals surface area contributed by atoms with E-state index in [0.717, 1.165) is 6.08 Å². The third kappa shape index (κ3) is 2.77. The summed E-state index contributed by atoms with van der Waals surface area (Å²) in [6.07, 6.45) is -3.33. The van der Waals surface area contributed by atoms with Gasteiger partial charge in [0.2, 0.25) is 0 Å². The monoisotopic (exact) mass is 339 g/mol. The number of amides is 1. The molecule has 7 heteroatoms. The average Bonchev–Trinajstić information content (AvgIpc) is 2.73. The van der Waals surface area contributed by atoms with E-state index in [4.69, 9.17) is 0 Å². The summed E-state index contributed by atoms with van der Waals surface area (Å²) >= 11 is 4.52. The minimum atomic E-state index is -4.28. The van der Waals surface area contributed by atoms with Crippen LogP contribution in [0.4, 0.5) is 13.2 Å². The van der Waals surface area contributed by atoms with Crippen molar-refractivity contribution in [2.75, 3.05) is 13.1 Å². The molecule has 0 bridgehead atoms. The van der Waals surface area contributed by atoms with Gasteiger partial charge in [-0.15, -0.1) is 11.3 Å². The summed E-state index contributed by atoms with van der Waals surface area (Å²) in [4.78, 5) is 14.0. The van der Waals surface area contributed by atoms with Gasteiger partial charge in [0.1, 0.15) is 4.88 Å². The molecule has 1 aromatic rings. The first-order valence-corrected chi connectivity index (χ1v) is 6.85. The molecule has 1 aliphatic heterocycles. The van der Waals surface area contributed by atoms with Gasteiger partial charge in [-0.05, 0) is 33.8 Å². The van der Waals surface area contributed by atoms with Gasteiger partial charge in [0.15, 0.2) is 0 Å². The van der Waals surface area contributed by atoms with E-state index < -0.39 is 11.7 Å². The van der Waals surface area contributed by atoms with Gasteiger partial charge in [0.25, 0.3) is 5.91 Å². The van der Waals surface area contributed by atoms with Gasteiger partial charge in [-0.25, -0.2) is 0 Å². The second-order valence-electron chi connectivity index (χ2n) is 3.83. The maximum Gasteiger partial charge on any atom is 0.412 e. The van der Waals surface area contributed by atoms with Crippen molar-refractivity contribution in [3.8, 4) is 0 Å². The molecule has 18 heavy (non-hydrogen) atoms. The standard InChI is InChI=1S/C11H9BrF3NOS/c12-8-3-6-18-9(8)10(17)16-4-1-7(2-5-16)11(13,14)15/h1,3,6H,2,4-5H2. The van der Waals surface area contributed by atoms with Crippen molar-refractivity contribution >= 4 is 33.2 Å². The Labute approximate surface area is 114 Å². The van der Waals surface area contributed by atoms with Crippen LogP contribution < -0.4 is 0 Å². The van der Waals surface area contributed by atoms with Crippen molar-refractivity contribution in [3.05, 3.63) is 32.4 Å². The molecule has 0 radical (unpaired) electrons. The number of carbonyl (C=O) groups is 1. The predicted molar refractivity (Wildman–Crippen MR) is 66.7 cm³/mol. The summed E-state index contributed by atoms with van der Waals surface area (Å²) in [5, 5.41) is 1.76. The first-order chi connectivity index (χ1) is 8.39. The first kappa shape index (κ1) is 13.6. The van der Waals surface area contributed by atoms with E-state index in [9.17, 15) is 18.0 Å². The van der Waals surface area contributed by atoms with Crippen molar-refractivity contribution in [3.63, 3.8) is 0 Å². The fraction of sp³-hybridized carbons (Fsp3) is 0.364. The van der Waals surface area contributed by atoms with Crippen LogP contribution >= 0.6 is 27.3 Å². The molecule has 0 N–H and O–H groups in total. The largest absolute Gasteiger partial charge is 0.412 e. The molecular formula is C11H9BrF3NOS. The third-order valence-electron chi connectivity index (χ3n) is 2.67. The van der Waals surface area contributed by atoms with Crippen LogP contribution in [0.5, 0.6) is 0 Å². The zero-order chi connectivity index (χ0) is 13.3. The summed E-state index contributed by atoms with van der Waals surface area (Å²) in [6, 6.07) is 1.75. The molecule has 0 atom stereocenters. The van der Waals surface area contributed by atoms with E-state index in [-0.39, 0.29) is 25.4 Å². The molecule has 0 aliphatic carbocycles. The molecule has 0 saturated carbocycles. The van der Waals surface area contributed by atoms with Crippen molar-refractivity contribution in [1.29, 1.82) is 0 Å². The highest BCUT2D eigenvalue weighted by Crippen LogP contribution is 2.31. The Morgan fingerprint density at radius 1 is 1.44 bits per heavy atom. The van der Waals surface area contributed by atoms with Crippen molar-refractivity contribution < 1.29 is 18.0 Å². The van der Waals surface area contributed by atoms with Crippen molar-refractivity contribution in [1.82, 2.24) is 4.90 Å². The van der Waals surface area contributed by atoms with Gasteiger partial charge >= 0.3 is 6.18 Å². The number of halogens is 4. The quantitative estimate of drug-likeness (QED) is 0.712. The second kappa shape index (κ2) is 5.05. The van der Waals surface area contributed by atoms with Gasteiger partial charge in [-0.1, -0.05) is 6.08 Å². The number of hydrogen-bond acceptors (Lipinski definition) is 2. The Kier molecular flexibility index (Phi) is 3.82. The second-order valence-corrected chi connectivity index (χ2v) is 5.60. The maximum atomic E-state index is 12.4. The van der Waals surface area contributed by atoms with Crippen LogP contribution in [0, 0.1) is 0 Å². The topological polar surface area (TPSA) is 20.3 Å². The minimum Gasteiger partial charge on any atom is -0.334 e. The number of rotatable bonds is 1. The van der Waals surface area contributed by atoms with Gasteiger partial charge < -0.3 is 4.90 Å². The molecule has 2 nitrogen and oxygen atoms in total. The summed E-state index contributed by atoms with van der Waals surface area (Å²) in [7, 11) is 0. The number of hydrogen-bond donors (Lipinski definition) is 0. The maximum absolute atomic E-state index is 12.4. The lowest BCUT2D eigenvalue weighted by Crippen LogP contribution is -2.36. The number of carbonyl (C=O) groups excluding carboxylic acids is 1. The molecular weight excluding hydrogens is 331 g/mol. The van der Waals surface area contributed by atoms with E-state index in [1.165, 1.54) is 16.2 Å².